The molecule has 210 valence electrons. The van der Waals surface area contributed by atoms with Crippen LogP contribution in [0.2, 0.25) is 0 Å². The van der Waals surface area contributed by atoms with Crippen LogP contribution in [-0.4, -0.2) is 48.7 Å². The number of ketones is 1. The number of ether oxygens (including phenoxy) is 1. The number of allylic oxidation sites excluding steroid dienone is 1. The number of carbonyl (C=O) groups is 2. The third-order valence-corrected chi connectivity index (χ3v) is 11.4. The smallest absolute Gasteiger partial charge is 0.365 e. The number of benzene rings is 1. The molecule has 4 aliphatic carbocycles. The standard InChI is InChI=1S/C33H44N2O4/c1-22(34-39-31(37)24-6-4-23(5-7-24)21-35-16-18-38-19-17-35)28-10-11-29-27-9-8-25-20-26(36)12-14-32(25,2)30(27)13-15-33(28,29)3/h4-7,20,27-30H,8-19,21H2,1-3H3/t27-,28+,29-,30-,32-,33+/m0/s1. The van der Waals surface area contributed by atoms with Crippen molar-refractivity contribution < 1.29 is 19.2 Å². The van der Waals surface area contributed by atoms with Crippen molar-refractivity contribution in [2.24, 2.45) is 39.7 Å². The van der Waals surface area contributed by atoms with Gasteiger partial charge >= 0.3 is 5.97 Å². The molecule has 6 atom stereocenters. The van der Waals surface area contributed by atoms with Gasteiger partial charge in [0.15, 0.2) is 5.78 Å². The van der Waals surface area contributed by atoms with Crippen LogP contribution < -0.4 is 0 Å². The second kappa shape index (κ2) is 10.6. The van der Waals surface area contributed by atoms with Gasteiger partial charge in [-0.05, 0) is 104 Å². The van der Waals surface area contributed by atoms with Gasteiger partial charge < -0.3 is 9.57 Å². The van der Waals surface area contributed by atoms with Gasteiger partial charge in [-0.25, -0.2) is 4.79 Å². The van der Waals surface area contributed by atoms with Crippen molar-refractivity contribution >= 4 is 17.5 Å². The van der Waals surface area contributed by atoms with Gasteiger partial charge in [-0.15, -0.1) is 0 Å². The molecule has 5 aliphatic rings. The van der Waals surface area contributed by atoms with Crippen molar-refractivity contribution in [1.82, 2.24) is 4.90 Å². The lowest BCUT2D eigenvalue weighted by Crippen LogP contribution is -2.51. The lowest BCUT2D eigenvalue weighted by Gasteiger charge is -2.58. The van der Waals surface area contributed by atoms with E-state index in [-0.39, 0.29) is 16.8 Å². The van der Waals surface area contributed by atoms with E-state index in [1.807, 2.05) is 30.3 Å². The Balaban J connectivity index is 1.09. The first-order valence-corrected chi connectivity index (χ1v) is 15.2. The summed E-state index contributed by atoms with van der Waals surface area (Å²) >= 11 is 0. The van der Waals surface area contributed by atoms with Crippen molar-refractivity contribution in [3.05, 3.63) is 47.0 Å². The molecule has 4 fully saturated rings. The molecule has 1 heterocycles. The molecule has 1 aliphatic heterocycles. The number of rotatable bonds is 5. The third kappa shape index (κ3) is 4.93. The van der Waals surface area contributed by atoms with E-state index >= 15 is 0 Å². The zero-order chi connectivity index (χ0) is 27.2. The molecular formula is C33H44N2O4. The Labute approximate surface area is 233 Å². The number of fused-ring (bicyclic) bond motifs is 5. The van der Waals surface area contributed by atoms with E-state index in [0.29, 0.717) is 35.5 Å². The highest BCUT2D eigenvalue weighted by molar-refractivity contribution is 5.92. The van der Waals surface area contributed by atoms with Crippen LogP contribution in [0.5, 0.6) is 0 Å². The molecule has 1 saturated heterocycles. The summed E-state index contributed by atoms with van der Waals surface area (Å²) in [4.78, 5) is 32.8. The monoisotopic (exact) mass is 532 g/mol. The van der Waals surface area contributed by atoms with Crippen molar-refractivity contribution in [2.75, 3.05) is 26.3 Å². The second-order valence-corrected chi connectivity index (χ2v) is 13.3. The Morgan fingerprint density at radius 1 is 1.03 bits per heavy atom. The Kier molecular flexibility index (Phi) is 7.30. The largest absolute Gasteiger partial charge is 0.379 e. The van der Waals surface area contributed by atoms with Crippen LogP contribution in [0.4, 0.5) is 0 Å². The van der Waals surface area contributed by atoms with E-state index in [2.05, 4.69) is 30.8 Å². The minimum atomic E-state index is -0.387. The van der Waals surface area contributed by atoms with Crippen LogP contribution >= 0.6 is 0 Å². The summed E-state index contributed by atoms with van der Waals surface area (Å²) in [6.07, 6.45) is 10.8. The molecule has 0 spiro atoms. The van der Waals surface area contributed by atoms with Crippen LogP contribution in [0, 0.1) is 34.5 Å². The Morgan fingerprint density at radius 3 is 2.56 bits per heavy atom. The summed E-state index contributed by atoms with van der Waals surface area (Å²) in [5.41, 5.74) is 4.52. The molecule has 6 rings (SSSR count). The minimum absolute atomic E-state index is 0.199. The number of nitrogens with zero attached hydrogens (tertiary/aromatic N) is 2. The first-order valence-electron chi connectivity index (χ1n) is 15.2. The van der Waals surface area contributed by atoms with Crippen molar-refractivity contribution in [3.8, 4) is 0 Å². The maximum atomic E-state index is 12.8. The SMILES string of the molecule is CC(=NOC(=O)c1ccc(CN2CCOCC2)cc1)[C@H]1CC[C@H]2[C@@H]3CCC4=CC(=O)CC[C@]4(C)[C@H]3CC[C@]12C. The number of oxime groups is 1. The molecule has 0 bridgehead atoms. The summed E-state index contributed by atoms with van der Waals surface area (Å²) in [6.45, 7) is 11.3. The highest BCUT2D eigenvalue weighted by Gasteiger charge is 2.59. The van der Waals surface area contributed by atoms with Crippen LogP contribution in [0.3, 0.4) is 0 Å². The number of hydrogen-bond donors (Lipinski definition) is 0. The average Bonchev–Trinajstić information content (AvgIpc) is 3.30. The van der Waals surface area contributed by atoms with Crippen LogP contribution in [0.1, 0.15) is 88.1 Å². The number of hydrogen-bond acceptors (Lipinski definition) is 6. The molecule has 0 radical (unpaired) electrons. The van der Waals surface area contributed by atoms with E-state index in [4.69, 9.17) is 9.57 Å². The third-order valence-electron chi connectivity index (χ3n) is 11.4. The molecule has 6 nitrogen and oxygen atoms in total. The molecule has 39 heavy (non-hydrogen) atoms. The van der Waals surface area contributed by atoms with Crippen LogP contribution in [-0.2, 0) is 20.9 Å². The topological polar surface area (TPSA) is 68.2 Å². The lowest BCUT2D eigenvalue weighted by atomic mass is 9.46. The van der Waals surface area contributed by atoms with Gasteiger partial charge in [-0.2, -0.15) is 0 Å². The van der Waals surface area contributed by atoms with Gasteiger partial charge in [0, 0.05) is 32.0 Å². The zero-order valence-corrected chi connectivity index (χ0v) is 23.9. The predicted octanol–water partition coefficient (Wildman–Crippen LogP) is 6.20. The fourth-order valence-electron chi connectivity index (χ4n) is 9.24. The van der Waals surface area contributed by atoms with E-state index in [0.717, 1.165) is 63.7 Å². The van der Waals surface area contributed by atoms with Crippen molar-refractivity contribution in [3.63, 3.8) is 0 Å². The Morgan fingerprint density at radius 2 is 1.79 bits per heavy atom. The molecule has 0 N–H and O–H groups in total. The summed E-state index contributed by atoms with van der Waals surface area (Å²) in [5.74, 6) is 2.37. The number of carbonyl (C=O) groups excluding carboxylic acids is 2. The van der Waals surface area contributed by atoms with Gasteiger partial charge in [-0.1, -0.05) is 36.7 Å². The highest BCUT2D eigenvalue weighted by Crippen LogP contribution is 2.66. The normalized spacial score (nSPS) is 36.9. The molecule has 6 heteroatoms. The van der Waals surface area contributed by atoms with Gasteiger partial charge in [-0.3, -0.25) is 9.69 Å². The molecule has 1 aromatic rings. The minimum Gasteiger partial charge on any atom is -0.379 e. The van der Waals surface area contributed by atoms with Crippen molar-refractivity contribution in [2.45, 2.75) is 78.7 Å². The van der Waals surface area contributed by atoms with E-state index in [1.54, 1.807) is 0 Å². The lowest BCUT2D eigenvalue weighted by molar-refractivity contribution is -0.117. The summed E-state index contributed by atoms with van der Waals surface area (Å²) in [7, 11) is 0. The fraction of sp³-hybridized carbons (Fsp3) is 0.667. The van der Waals surface area contributed by atoms with Gasteiger partial charge in [0.2, 0.25) is 0 Å². The first kappa shape index (κ1) is 26.9. The van der Waals surface area contributed by atoms with Gasteiger partial charge in [0.25, 0.3) is 0 Å². The zero-order valence-electron chi connectivity index (χ0n) is 23.9. The summed E-state index contributed by atoms with van der Waals surface area (Å²) in [6, 6.07) is 7.72. The van der Waals surface area contributed by atoms with Crippen LogP contribution in [0.15, 0.2) is 41.1 Å². The number of morpholine rings is 1. The predicted molar refractivity (Wildman–Crippen MR) is 151 cm³/mol. The van der Waals surface area contributed by atoms with Gasteiger partial charge in [0.1, 0.15) is 0 Å². The molecule has 3 saturated carbocycles. The second-order valence-electron chi connectivity index (χ2n) is 13.3. The first-order chi connectivity index (χ1) is 18.8. The summed E-state index contributed by atoms with van der Waals surface area (Å²) < 4.78 is 5.43. The van der Waals surface area contributed by atoms with E-state index in [1.165, 1.54) is 36.8 Å². The van der Waals surface area contributed by atoms with Crippen molar-refractivity contribution in [1.29, 1.82) is 0 Å². The maximum Gasteiger partial charge on any atom is 0.365 e. The fourth-order valence-corrected chi connectivity index (χ4v) is 9.24. The molecule has 0 amide bonds. The van der Waals surface area contributed by atoms with E-state index in [9.17, 15) is 9.59 Å². The van der Waals surface area contributed by atoms with Gasteiger partial charge in [0.05, 0.1) is 24.5 Å². The molecule has 0 aromatic heterocycles. The maximum absolute atomic E-state index is 12.8. The Bertz CT molecular complexity index is 1170. The summed E-state index contributed by atoms with van der Waals surface area (Å²) in [5, 5.41) is 4.42. The average molecular weight is 533 g/mol. The van der Waals surface area contributed by atoms with E-state index < -0.39 is 0 Å². The van der Waals surface area contributed by atoms with Crippen LogP contribution in [0.25, 0.3) is 0 Å². The molecule has 1 aromatic carbocycles. The highest BCUT2D eigenvalue weighted by atomic mass is 16.7. The molecule has 0 unspecified atom stereocenters. The Hall–Kier alpha value is -2.31. The molecular weight excluding hydrogens is 488 g/mol. The quantitative estimate of drug-likeness (QED) is 0.257.